The van der Waals surface area contributed by atoms with E-state index < -0.39 is 5.60 Å². The van der Waals surface area contributed by atoms with Crippen LogP contribution in [0.4, 0.5) is 11.6 Å². The maximum atomic E-state index is 11.3. The van der Waals surface area contributed by atoms with E-state index in [4.69, 9.17) is 5.26 Å². The van der Waals surface area contributed by atoms with Crippen LogP contribution in [0.3, 0.4) is 0 Å². The Kier molecular flexibility index (Phi) is 5.41. The van der Waals surface area contributed by atoms with Gasteiger partial charge in [-0.15, -0.1) is 0 Å². The van der Waals surface area contributed by atoms with Crippen LogP contribution in [0.25, 0.3) is 0 Å². The van der Waals surface area contributed by atoms with Gasteiger partial charge in [0.25, 0.3) is 0 Å². The fraction of sp³-hybridized carbons (Fsp3) is 0.292. The molecule has 1 atom stereocenters. The molecule has 29 heavy (non-hydrogen) atoms. The highest BCUT2D eigenvalue weighted by molar-refractivity contribution is 5.55. The van der Waals surface area contributed by atoms with Gasteiger partial charge >= 0.3 is 0 Å². The lowest BCUT2D eigenvalue weighted by Crippen LogP contribution is -2.25. The number of rotatable bonds is 4. The average Bonchev–Trinajstić information content (AvgIpc) is 2.67. The smallest absolute Gasteiger partial charge is 0.227 e. The van der Waals surface area contributed by atoms with Gasteiger partial charge < -0.3 is 10.4 Å². The molecule has 0 bridgehead atoms. The predicted octanol–water partition coefficient (Wildman–Crippen LogP) is 4.95. The van der Waals surface area contributed by atoms with E-state index in [-0.39, 0.29) is 5.41 Å². The van der Waals surface area contributed by atoms with Crippen LogP contribution in [0.15, 0.2) is 54.6 Å². The summed E-state index contributed by atoms with van der Waals surface area (Å²) in [6.45, 7) is 10.1. The normalized spacial score (nSPS) is 13.4. The molecule has 0 aliphatic carbocycles. The van der Waals surface area contributed by atoms with Crippen LogP contribution in [0.2, 0.25) is 0 Å². The highest BCUT2D eigenvalue weighted by Crippen LogP contribution is 2.31. The van der Waals surface area contributed by atoms with E-state index in [1.54, 1.807) is 37.3 Å². The Hall–Kier alpha value is -3.23. The van der Waals surface area contributed by atoms with Crippen molar-refractivity contribution in [2.24, 2.45) is 0 Å². The van der Waals surface area contributed by atoms with Gasteiger partial charge in [0.2, 0.25) is 5.95 Å². The summed E-state index contributed by atoms with van der Waals surface area (Å²) in [7, 11) is 0. The second-order valence-corrected chi connectivity index (χ2v) is 8.43. The second kappa shape index (κ2) is 7.65. The van der Waals surface area contributed by atoms with Gasteiger partial charge in [0.1, 0.15) is 5.60 Å². The van der Waals surface area contributed by atoms with E-state index in [1.165, 1.54) is 5.56 Å². The standard InChI is InChI=1S/C24H26N4O/c1-16-14-21(24(5,29)19-10-8-18(9-11-19)23(2,3)4)28-22(26-16)27-20-12-6-17(15-25)7-13-20/h6-14,29H,1-5H3,(H,26,27,28). The minimum Gasteiger partial charge on any atom is -0.379 e. The quantitative estimate of drug-likeness (QED) is 0.663. The van der Waals surface area contributed by atoms with E-state index in [9.17, 15) is 5.11 Å². The lowest BCUT2D eigenvalue weighted by Gasteiger charge is -2.26. The summed E-state index contributed by atoms with van der Waals surface area (Å²) >= 11 is 0. The number of aryl methyl sites for hydroxylation is 1. The van der Waals surface area contributed by atoms with Crippen molar-refractivity contribution >= 4 is 11.6 Å². The number of hydrogen-bond acceptors (Lipinski definition) is 5. The van der Waals surface area contributed by atoms with Gasteiger partial charge in [0.05, 0.1) is 17.3 Å². The molecule has 0 amide bonds. The van der Waals surface area contributed by atoms with Crippen molar-refractivity contribution in [3.63, 3.8) is 0 Å². The molecule has 148 valence electrons. The summed E-state index contributed by atoms with van der Waals surface area (Å²) in [5.41, 5.74) is 3.39. The van der Waals surface area contributed by atoms with Crippen molar-refractivity contribution in [3.8, 4) is 6.07 Å². The van der Waals surface area contributed by atoms with Crippen molar-refractivity contribution in [3.05, 3.63) is 82.7 Å². The van der Waals surface area contributed by atoms with E-state index in [1.807, 2.05) is 31.2 Å². The molecule has 5 heteroatoms. The number of aromatic nitrogens is 2. The maximum absolute atomic E-state index is 11.3. The predicted molar refractivity (Wildman–Crippen MR) is 115 cm³/mol. The zero-order valence-electron chi connectivity index (χ0n) is 17.5. The monoisotopic (exact) mass is 386 g/mol. The zero-order chi connectivity index (χ0) is 21.2. The van der Waals surface area contributed by atoms with Crippen LogP contribution >= 0.6 is 0 Å². The van der Waals surface area contributed by atoms with Crippen molar-refractivity contribution in [1.82, 2.24) is 9.97 Å². The summed E-state index contributed by atoms with van der Waals surface area (Å²) in [5.74, 6) is 0.399. The minimum absolute atomic E-state index is 0.0497. The molecule has 2 N–H and O–H groups in total. The third kappa shape index (κ3) is 4.61. The molecule has 0 radical (unpaired) electrons. The third-order valence-corrected chi connectivity index (χ3v) is 4.94. The lowest BCUT2D eigenvalue weighted by atomic mass is 9.84. The Morgan fingerprint density at radius 2 is 1.48 bits per heavy atom. The minimum atomic E-state index is -1.26. The first-order valence-electron chi connectivity index (χ1n) is 9.56. The van der Waals surface area contributed by atoms with E-state index in [2.05, 4.69) is 42.1 Å². The molecule has 3 aromatic rings. The summed E-state index contributed by atoms with van der Waals surface area (Å²) < 4.78 is 0. The van der Waals surface area contributed by atoms with Crippen molar-refractivity contribution in [2.75, 3.05) is 5.32 Å². The number of benzene rings is 2. The van der Waals surface area contributed by atoms with Gasteiger partial charge in [-0.2, -0.15) is 5.26 Å². The molecule has 1 heterocycles. The molecule has 0 aliphatic rings. The number of hydrogen-bond donors (Lipinski definition) is 2. The molecule has 5 nitrogen and oxygen atoms in total. The molecule has 0 saturated heterocycles. The Balaban J connectivity index is 1.92. The first-order valence-corrected chi connectivity index (χ1v) is 9.56. The summed E-state index contributed by atoms with van der Waals surface area (Å²) in [6, 6.07) is 18.9. The van der Waals surface area contributed by atoms with Crippen LogP contribution in [0.1, 0.15) is 55.8 Å². The van der Waals surface area contributed by atoms with Crippen LogP contribution in [-0.2, 0) is 11.0 Å². The Labute approximate surface area is 172 Å². The van der Waals surface area contributed by atoms with Gasteiger partial charge in [-0.1, -0.05) is 45.0 Å². The summed E-state index contributed by atoms with van der Waals surface area (Å²) in [4.78, 5) is 8.98. The van der Waals surface area contributed by atoms with Gasteiger partial charge in [-0.3, -0.25) is 0 Å². The number of nitrogens with zero attached hydrogens (tertiary/aromatic N) is 3. The molecule has 0 fully saturated rings. The number of nitriles is 1. The molecular weight excluding hydrogens is 360 g/mol. The molecule has 2 aromatic carbocycles. The fourth-order valence-corrected chi connectivity index (χ4v) is 3.07. The van der Waals surface area contributed by atoms with Crippen molar-refractivity contribution < 1.29 is 5.11 Å². The Morgan fingerprint density at radius 1 is 0.897 bits per heavy atom. The SMILES string of the molecule is Cc1cc(C(C)(O)c2ccc(C(C)(C)C)cc2)nc(Nc2ccc(C#N)cc2)n1. The highest BCUT2D eigenvalue weighted by Gasteiger charge is 2.29. The average molecular weight is 386 g/mol. The lowest BCUT2D eigenvalue weighted by molar-refractivity contribution is 0.0972. The zero-order valence-corrected chi connectivity index (χ0v) is 17.5. The number of nitrogens with one attached hydrogen (secondary N) is 1. The Bertz CT molecular complexity index is 1040. The number of aliphatic hydroxyl groups is 1. The Morgan fingerprint density at radius 3 is 2.03 bits per heavy atom. The first kappa shape index (κ1) is 20.5. The summed E-state index contributed by atoms with van der Waals surface area (Å²) in [5, 5.41) is 23.4. The van der Waals surface area contributed by atoms with Gasteiger partial charge in [0.15, 0.2) is 0 Å². The van der Waals surface area contributed by atoms with Gasteiger partial charge in [0, 0.05) is 11.4 Å². The van der Waals surface area contributed by atoms with Crippen molar-refractivity contribution in [2.45, 2.75) is 45.6 Å². The van der Waals surface area contributed by atoms with E-state index >= 15 is 0 Å². The first-order chi connectivity index (χ1) is 13.6. The molecular formula is C24H26N4O. The van der Waals surface area contributed by atoms with Gasteiger partial charge in [-0.25, -0.2) is 9.97 Å². The largest absolute Gasteiger partial charge is 0.379 e. The van der Waals surface area contributed by atoms with Crippen LogP contribution < -0.4 is 5.32 Å². The van der Waals surface area contributed by atoms with E-state index in [0.717, 1.165) is 16.9 Å². The van der Waals surface area contributed by atoms with E-state index in [0.29, 0.717) is 17.2 Å². The second-order valence-electron chi connectivity index (χ2n) is 8.43. The highest BCUT2D eigenvalue weighted by atomic mass is 16.3. The maximum Gasteiger partial charge on any atom is 0.227 e. The molecule has 0 spiro atoms. The molecule has 0 aliphatic heterocycles. The third-order valence-electron chi connectivity index (χ3n) is 4.94. The van der Waals surface area contributed by atoms with Crippen LogP contribution in [0.5, 0.6) is 0 Å². The summed E-state index contributed by atoms with van der Waals surface area (Å²) in [6.07, 6.45) is 0. The topological polar surface area (TPSA) is 81.8 Å². The van der Waals surface area contributed by atoms with Crippen LogP contribution in [0, 0.1) is 18.3 Å². The fourth-order valence-electron chi connectivity index (χ4n) is 3.07. The molecule has 1 aromatic heterocycles. The number of anilines is 2. The van der Waals surface area contributed by atoms with Gasteiger partial charge in [-0.05, 0) is 60.7 Å². The molecule has 0 saturated carbocycles. The van der Waals surface area contributed by atoms with Crippen molar-refractivity contribution in [1.29, 1.82) is 5.26 Å². The molecule has 1 unspecified atom stereocenters. The molecule has 3 rings (SSSR count). The van der Waals surface area contributed by atoms with Crippen LogP contribution in [-0.4, -0.2) is 15.1 Å².